The van der Waals surface area contributed by atoms with E-state index in [4.69, 9.17) is 10.2 Å². The van der Waals surface area contributed by atoms with Crippen molar-refractivity contribution in [3.05, 3.63) is 0 Å². The third-order valence-corrected chi connectivity index (χ3v) is 2.12. The van der Waals surface area contributed by atoms with Crippen molar-refractivity contribution >= 4 is 11.8 Å². The first kappa shape index (κ1) is 14.1. The highest BCUT2D eigenvalue weighted by molar-refractivity contribution is 5.88. The average Bonchev–Trinajstić information content (AvgIpc) is 2.13. The second kappa shape index (κ2) is 6.53. The zero-order valence-electron chi connectivity index (χ0n) is 9.36. The fourth-order valence-corrected chi connectivity index (χ4v) is 1.30. The summed E-state index contributed by atoms with van der Waals surface area (Å²) in [5, 5.41) is 20.3. The lowest BCUT2D eigenvalue weighted by atomic mass is 9.97. The standard InChI is InChI=1S/C10H19NO4/c1-6(2)4-7(11-3)8(12)5-9(13)10(14)15/h6-7,9,11,13H,4-5H2,1-3H3,(H,14,15)/t7-,9?/m0/s1. The van der Waals surface area contributed by atoms with E-state index >= 15 is 0 Å². The van der Waals surface area contributed by atoms with Crippen LogP contribution in [0.4, 0.5) is 0 Å². The Hall–Kier alpha value is -0.940. The number of carbonyl (C=O) groups is 2. The van der Waals surface area contributed by atoms with Gasteiger partial charge < -0.3 is 15.5 Å². The molecule has 0 radical (unpaired) electrons. The van der Waals surface area contributed by atoms with Crippen molar-refractivity contribution in [3.63, 3.8) is 0 Å². The van der Waals surface area contributed by atoms with Crippen LogP contribution in [0.15, 0.2) is 0 Å². The van der Waals surface area contributed by atoms with Crippen molar-refractivity contribution < 1.29 is 19.8 Å². The molecule has 5 heteroatoms. The van der Waals surface area contributed by atoms with Crippen LogP contribution in [-0.2, 0) is 9.59 Å². The van der Waals surface area contributed by atoms with Crippen molar-refractivity contribution in [2.24, 2.45) is 5.92 Å². The summed E-state index contributed by atoms with van der Waals surface area (Å²) in [5.74, 6) is -1.28. The van der Waals surface area contributed by atoms with Crippen LogP contribution >= 0.6 is 0 Å². The number of rotatable bonds is 7. The number of carboxylic acid groups (broad SMARTS) is 1. The average molecular weight is 217 g/mol. The highest BCUT2D eigenvalue weighted by Crippen LogP contribution is 2.08. The van der Waals surface area contributed by atoms with E-state index in [1.165, 1.54) is 0 Å². The number of nitrogens with one attached hydrogen (secondary N) is 1. The maximum atomic E-state index is 11.5. The molecule has 15 heavy (non-hydrogen) atoms. The van der Waals surface area contributed by atoms with Crippen LogP contribution < -0.4 is 5.32 Å². The van der Waals surface area contributed by atoms with Crippen molar-refractivity contribution in [3.8, 4) is 0 Å². The summed E-state index contributed by atoms with van der Waals surface area (Å²) < 4.78 is 0. The molecule has 0 aromatic rings. The largest absolute Gasteiger partial charge is 0.479 e. The van der Waals surface area contributed by atoms with Gasteiger partial charge in [-0.25, -0.2) is 4.79 Å². The summed E-state index contributed by atoms with van der Waals surface area (Å²) >= 11 is 0. The molecule has 1 unspecified atom stereocenters. The maximum absolute atomic E-state index is 11.5. The summed E-state index contributed by atoms with van der Waals surface area (Å²) in [6.07, 6.45) is -1.30. The summed E-state index contributed by atoms with van der Waals surface area (Å²) in [6, 6.07) is -0.376. The monoisotopic (exact) mass is 217 g/mol. The van der Waals surface area contributed by atoms with E-state index in [2.05, 4.69) is 5.32 Å². The van der Waals surface area contributed by atoms with E-state index in [1.54, 1.807) is 7.05 Å². The second-order valence-electron chi connectivity index (χ2n) is 4.00. The molecule has 0 spiro atoms. The molecule has 3 N–H and O–H groups in total. The molecule has 5 nitrogen and oxygen atoms in total. The Bertz CT molecular complexity index is 227. The molecule has 0 bridgehead atoms. The molecule has 88 valence electrons. The number of ketones is 1. The van der Waals surface area contributed by atoms with Crippen LogP contribution in [-0.4, -0.2) is 41.2 Å². The van der Waals surface area contributed by atoms with Gasteiger partial charge in [-0.1, -0.05) is 13.8 Å². The van der Waals surface area contributed by atoms with Gasteiger partial charge in [0.2, 0.25) is 0 Å². The maximum Gasteiger partial charge on any atom is 0.332 e. The van der Waals surface area contributed by atoms with Gasteiger partial charge in [0.15, 0.2) is 11.9 Å². The number of Topliss-reactive ketones (excluding diaryl/α,β-unsaturated/α-hetero) is 1. The van der Waals surface area contributed by atoms with E-state index in [-0.39, 0.29) is 18.2 Å². The zero-order chi connectivity index (χ0) is 12.0. The fourth-order valence-electron chi connectivity index (χ4n) is 1.30. The van der Waals surface area contributed by atoms with Crippen LogP contribution in [0.25, 0.3) is 0 Å². The highest BCUT2D eigenvalue weighted by Gasteiger charge is 2.23. The Balaban J connectivity index is 4.21. The summed E-state index contributed by atoms with van der Waals surface area (Å²) in [7, 11) is 1.65. The molecule has 0 saturated heterocycles. The zero-order valence-corrected chi connectivity index (χ0v) is 9.36. The molecule has 0 saturated carbocycles. The molecule has 0 fully saturated rings. The van der Waals surface area contributed by atoms with Crippen molar-refractivity contribution in [1.82, 2.24) is 5.32 Å². The van der Waals surface area contributed by atoms with Crippen molar-refractivity contribution in [2.75, 3.05) is 7.05 Å². The smallest absolute Gasteiger partial charge is 0.332 e. The topological polar surface area (TPSA) is 86.6 Å². The predicted octanol–water partition coefficient (Wildman–Crippen LogP) is 0.0252. The van der Waals surface area contributed by atoms with E-state index in [0.717, 1.165) is 0 Å². The number of likely N-dealkylation sites (N-methyl/N-ethyl adjacent to an activating group) is 1. The minimum atomic E-state index is -1.60. The van der Waals surface area contributed by atoms with Gasteiger partial charge in [-0.15, -0.1) is 0 Å². The lowest BCUT2D eigenvalue weighted by Gasteiger charge is -2.17. The third-order valence-electron chi connectivity index (χ3n) is 2.12. The molecule has 0 amide bonds. The van der Waals surface area contributed by atoms with Gasteiger partial charge in [0.25, 0.3) is 0 Å². The molecule has 0 aliphatic heterocycles. The van der Waals surface area contributed by atoms with Crippen LogP contribution in [0.2, 0.25) is 0 Å². The summed E-state index contributed by atoms with van der Waals surface area (Å²) in [6.45, 7) is 3.95. The Morgan fingerprint density at radius 1 is 1.33 bits per heavy atom. The van der Waals surface area contributed by atoms with Gasteiger partial charge >= 0.3 is 5.97 Å². The minimum Gasteiger partial charge on any atom is -0.479 e. The summed E-state index contributed by atoms with van der Waals surface area (Å²) in [4.78, 5) is 21.9. The number of aliphatic hydroxyl groups excluding tert-OH is 1. The quantitative estimate of drug-likeness (QED) is 0.560. The van der Waals surface area contributed by atoms with Crippen molar-refractivity contribution in [1.29, 1.82) is 0 Å². The molecule has 0 rings (SSSR count). The first-order valence-corrected chi connectivity index (χ1v) is 4.99. The predicted molar refractivity (Wildman–Crippen MR) is 55.6 cm³/mol. The Labute approximate surface area is 89.5 Å². The second-order valence-corrected chi connectivity index (χ2v) is 4.00. The number of aliphatic carboxylic acids is 1. The van der Waals surface area contributed by atoms with Gasteiger partial charge in [-0.2, -0.15) is 0 Å². The molecular formula is C10H19NO4. The van der Waals surface area contributed by atoms with Gasteiger partial charge in [-0.05, 0) is 19.4 Å². The van der Waals surface area contributed by atoms with Gasteiger partial charge in [0, 0.05) is 6.42 Å². The number of carbonyl (C=O) groups excluding carboxylic acids is 1. The van der Waals surface area contributed by atoms with Crippen LogP contribution in [0.5, 0.6) is 0 Å². The van der Waals surface area contributed by atoms with Crippen LogP contribution in [0.1, 0.15) is 26.7 Å². The number of hydrogen-bond donors (Lipinski definition) is 3. The van der Waals surface area contributed by atoms with E-state index in [1.807, 2.05) is 13.8 Å². The molecule has 0 aromatic carbocycles. The molecule has 2 atom stereocenters. The number of hydrogen-bond acceptors (Lipinski definition) is 4. The lowest BCUT2D eigenvalue weighted by molar-refractivity contribution is -0.149. The van der Waals surface area contributed by atoms with Crippen LogP contribution in [0.3, 0.4) is 0 Å². The van der Waals surface area contributed by atoms with Crippen molar-refractivity contribution in [2.45, 2.75) is 38.8 Å². The van der Waals surface area contributed by atoms with E-state index in [0.29, 0.717) is 12.3 Å². The molecule has 0 aromatic heterocycles. The van der Waals surface area contributed by atoms with Gasteiger partial charge in [0.1, 0.15) is 0 Å². The number of carboxylic acids is 1. The molecule has 0 aliphatic carbocycles. The summed E-state index contributed by atoms with van der Waals surface area (Å²) in [5.41, 5.74) is 0. The Kier molecular flexibility index (Phi) is 6.12. The van der Waals surface area contributed by atoms with Gasteiger partial charge in [-0.3, -0.25) is 4.79 Å². The number of aliphatic hydroxyl groups is 1. The third kappa shape index (κ3) is 5.49. The van der Waals surface area contributed by atoms with Gasteiger partial charge in [0.05, 0.1) is 6.04 Å². The molecular weight excluding hydrogens is 198 g/mol. The first-order valence-electron chi connectivity index (χ1n) is 4.99. The van der Waals surface area contributed by atoms with E-state index < -0.39 is 12.1 Å². The lowest BCUT2D eigenvalue weighted by Crippen LogP contribution is -2.38. The SMILES string of the molecule is CN[C@@H](CC(C)C)C(=O)CC(O)C(=O)O. The van der Waals surface area contributed by atoms with E-state index in [9.17, 15) is 9.59 Å². The highest BCUT2D eigenvalue weighted by atomic mass is 16.4. The minimum absolute atomic E-state index is 0.263. The Morgan fingerprint density at radius 3 is 2.20 bits per heavy atom. The Morgan fingerprint density at radius 2 is 1.87 bits per heavy atom. The normalized spacial score (nSPS) is 15.0. The molecule has 0 heterocycles. The first-order chi connectivity index (χ1) is 6.88. The molecule has 0 aliphatic rings. The fraction of sp³-hybridized carbons (Fsp3) is 0.800. The van der Waals surface area contributed by atoms with Crippen LogP contribution in [0, 0.1) is 5.92 Å².